The Kier molecular flexibility index (Phi) is 4.20. The molecule has 0 aliphatic carbocycles. The molecule has 0 aromatic heterocycles. The zero-order chi connectivity index (χ0) is 16.8. The lowest BCUT2D eigenvalue weighted by Crippen LogP contribution is -2.29. The zero-order valence-electron chi connectivity index (χ0n) is 13.4. The quantitative estimate of drug-likeness (QED) is 0.884. The predicted octanol–water partition coefficient (Wildman–Crippen LogP) is 0.798. The molecule has 0 radical (unpaired) electrons. The van der Waals surface area contributed by atoms with Crippen LogP contribution in [-0.4, -0.2) is 48.3 Å². The van der Waals surface area contributed by atoms with Crippen LogP contribution in [0.2, 0.25) is 0 Å². The first-order chi connectivity index (χ1) is 10.8. The normalized spacial score (nSPS) is 24.9. The number of hydrogen-bond donors (Lipinski definition) is 1. The molecule has 1 amide bonds. The van der Waals surface area contributed by atoms with E-state index in [0.29, 0.717) is 26.2 Å². The number of carbonyl (C=O) groups is 1. The van der Waals surface area contributed by atoms with E-state index in [1.54, 1.807) is 23.1 Å². The van der Waals surface area contributed by atoms with E-state index in [0.717, 1.165) is 11.1 Å². The minimum atomic E-state index is -3.56. The van der Waals surface area contributed by atoms with E-state index in [9.17, 15) is 18.3 Å². The number of carbonyl (C=O) groups excluding carboxylic acids is 1. The molecule has 23 heavy (non-hydrogen) atoms. The topological polar surface area (TPSA) is 77.9 Å². The minimum absolute atomic E-state index is 0.00491. The number of fused-ring (bicyclic) bond motifs is 1. The summed E-state index contributed by atoms with van der Waals surface area (Å²) in [5.41, 5.74) is 1.90. The SMILES string of the molecule is CC(=O)N1Cc2ccc(S(=O)(=O)N3C[C@@H](CO)[C@H](C)C3)cc2C1. The molecule has 1 aromatic rings. The van der Waals surface area contributed by atoms with Crippen LogP contribution < -0.4 is 0 Å². The second-order valence-corrected chi connectivity index (χ2v) is 8.49. The fraction of sp³-hybridized carbons (Fsp3) is 0.562. The van der Waals surface area contributed by atoms with Gasteiger partial charge >= 0.3 is 0 Å². The van der Waals surface area contributed by atoms with Crippen molar-refractivity contribution in [1.82, 2.24) is 9.21 Å². The third-order valence-corrected chi connectivity index (χ3v) is 6.78. The van der Waals surface area contributed by atoms with E-state index < -0.39 is 10.0 Å². The number of hydrogen-bond acceptors (Lipinski definition) is 4. The summed E-state index contributed by atoms with van der Waals surface area (Å²) in [5, 5.41) is 9.34. The molecule has 126 valence electrons. The van der Waals surface area contributed by atoms with Crippen molar-refractivity contribution in [3.05, 3.63) is 29.3 Å². The molecule has 2 atom stereocenters. The second kappa shape index (κ2) is 5.89. The standard InChI is InChI=1S/C16H22N2O4S/c1-11-6-18(9-15(11)10-19)23(21,22)16-4-3-13-7-17(12(2)20)8-14(13)5-16/h3-5,11,15,19H,6-10H2,1-2H3/t11-,15+/m1/s1. The van der Waals surface area contributed by atoms with Crippen molar-refractivity contribution in [2.45, 2.75) is 31.8 Å². The number of rotatable bonds is 3. The lowest BCUT2D eigenvalue weighted by atomic mass is 10.00. The number of nitrogens with zero attached hydrogens (tertiary/aromatic N) is 2. The van der Waals surface area contributed by atoms with Gasteiger partial charge in [0.15, 0.2) is 0 Å². The first kappa shape index (κ1) is 16.4. The Labute approximate surface area is 136 Å². The van der Waals surface area contributed by atoms with E-state index in [1.807, 2.05) is 6.92 Å². The molecule has 0 spiro atoms. The smallest absolute Gasteiger partial charge is 0.243 e. The molecule has 0 unspecified atom stereocenters. The summed E-state index contributed by atoms with van der Waals surface area (Å²) >= 11 is 0. The Balaban J connectivity index is 1.86. The van der Waals surface area contributed by atoms with Crippen LogP contribution in [0.3, 0.4) is 0 Å². The molecule has 1 N–H and O–H groups in total. The lowest BCUT2D eigenvalue weighted by molar-refractivity contribution is -0.129. The van der Waals surface area contributed by atoms with Gasteiger partial charge in [-0.05, 0) is 35.1 Å². The highest BCUT2D eigenvalue weighted by Crippen LogP contribution is 2.31. The highest BCUT2D eigenvalue weighted by Gasteiger charge is 2.37. The van der Waals surface area contributed by atoms with E-state index in [2.05, 4.69) is 0 Å². The molecule has 1 fully saturated rings. The maximum atomic E-state index is 12.8. The molecule has 7 heteroatoms. The number of aliphatic hydroxyl groups is 1. The van der Waals surface area contributed by atoms with Gasteiger partial charge in [0.2, 0.25) is 15.9 Å². The van der Waals surface area contributed by atoms with E-state index in [-0.39, 0.29) is 29.2 Å². The van der Waals surface area contributed by atoms with E-state index >= 15 is 0 Å². The molecule has 2 aliphatic heterocycles. The van der Waals surface area contributed by atoms with Crippen LogP contribution in [0.25, 0.3) is 0 Å². The summed E-state index contributed by atoms with van der Waals surface area (Å²) in [5.74, 6) is 0.134. The molecule has 1 saturated heterocycles. The Morgan fingerprint density at radius 2 is 1.96 bits per heavy atom. The van der Waals surface area contributed by atoms with Crippen LogP contribution in [0.5, 0.6) is 0 Å². The van der Waals surface area contributed by atoms with Crippen molar-refractivity contribution in [2.75, 3.05) is 19.7 Å². The number of sulfonamides is 1. The molecule has 2 aliphatic rings. The van der Waals surface area contributed by atoms with Crippen molar-refractivity contribution in [3.63, 3.8) is 0 Å². The lowest BCUT2D eigenvalue weighted by Gasteiger charge is -2.17. The monoisotopic (exact) mass is 338 g/mol. The fourth-order valence-corrected chi connectivity index (χ4v) is 4.97. The largest absolute Gasteiger partial charge is 0.396 e. The molecular weight excluding hydrogens is 316 g/mol. The van der Waals surface area contributed by atoms with E-state index in [4.69, 9.17) is 0 Å². The Morgan fingerprint density at radius 1 is 1.26 bits per heavy atom. The maximum Gasteiger partial charge on any atom is 0.243 e. The Morgan fingerprint density at radius 3 is 2.57 bits per heavy atom. The molecule has 0 bridgehead atoms. The zero-order valence-corrected chi connectivity index (χ0v) is 14.2. The molecule has 3 rings (SSSR count). The molecular formula is C16H22N2O4S. The van der Waals surface area contributed by atoms with Crippen LogP contribution in [0.15, 0.2) is 23.1 Å². The van der Waals surface area contributed by atoms with Crippen molar-refractivity contribution in [2.24, 2.45) is 11.8 Å². The van der Waals surface area contributed by atoms with Gasteiger partial charge in [-0.2, -0.15) is 4.31 Å². The van der Waals surface area contributed by atoms with Gasteiger partial charge in [-0.3, -0.25) is 4.79 Å². The van der Waals surface area contributed by atoms with Gasteiger partial charge in [0, 0.05) is 39.7 Å². The molecule has 1 aromatic carbocycles. The van der Waals surface area contributed by atoms with Crippen LogP contribution in [0.4, 0.5) is 0 Å². The van der Waals surface area contributed by atoms with Gasteiger partial charge < -0.3 is 10.0 Å². The predicted molar refractivity (Wildman–Crippen MR) is 84.9 cm³/mol. The number of benzene rings is 1. The molecule has 6 nitrogen and oxygen atoms in total. The van der Waals surface area contributed by atoms with Crippen LogP contribution >= 0.6 is 0 Å². The average molecular weight is 338 g/mol. The summed E-state index contributed by atoms with van der Waals surface area (Å²) in [6.45, 7) is 5.28. The van der Waals surface area contributed by atoms with Gasteiger partial charge in [-0.15, -0.1) is 0 Å². The Hall–Kier alpha value is -1.44. The second-order valence-electron chi connectivity index (χ2n) is 6.55. The minimum Gasteiger partial charge on any atom is -0.396 e. The van der Waals surface area contributed by atoms with Gasteiger partial charge in [-0.1, -0.05) is 13.0 Å². The summed E-state index contributed by atoms with van der Waals surface area (Å²) in [7, 11) is -3.56. The third kappa shape index (κ3) is 2.88. The molecule has 2 heterocycles. The Bertz CT molecular complexity index is 732. The van der Waals surface area contributed by atoms with Crippen LogP contribution in [0, 0.1) is 11.8 Å². The highest BCUT2D eigenvalue weighted by atomic mass is 32.2. The van der Waals surface area contributed by atoms with Gasteiger partial charge in [0.05, 0.1) is 4.90 Å². The van der Waals surface area contributed by atoms with Gasteiger partial charge in [0.1, 0.15) is 0 Å². The number of amides is 1. The third-order valence-electron chi connectivity index (χ3n) is 4.95. The van der Waals surface area contributed by atoms with Crippen LogP contribution in [0.1, 0.15) is 25.0 Å². The van der Waals surface area contributed by atoms with Crippen molar-refractivity contribution in [1.29, 1.82) is 0 Å². The fourth-order valence-electron chi connectivity index (χ4n) is 3.32. The average Bonchev–Trinajstić information content (AvgIpc) is 3.09. The summed E-state index contributed by atoms with van der Waals surface area (Å²) < 4.78 is 27.1. The number of aliphatic hydroxyl groups excluding tert-OH is 1. The van der Waals surface area contributed by atoms with E-state index in [1.165, 1.54) is 11.2 Å². The first-order valence-electron chi connectivity index (χ1n) is 7.81. The van der Waals surface area contributed by atoms with Crippen molar-refractivity contribution in [3.8, 4) is 0 Å². The summed E-state index contributed by atoms with van der Waals surface area (Å²) in [6.07, 6.45) is 0. The van der Waals surface area contributed by atoms with Crippen molar-refractivity contribution < 1.29 is 18.3 Å². The van der Waals surface area contributed by atoms with Crippen LogP contribution in [-0.2, 0) is 27.9 Å². The molecule has 0 saturated carbocycles. The highest BCUT2D eigenvalue weighted by molar-refractivity contribution is 7.89. The summed E-state index contributed by atoms with van der Waals surface area (Å²) in [6, 6.07) is 5.10. The van der Waals surface area contributed by atoms with Gasteiger partial charge in [-0.25, -0.2) is 8.42 Å². The maximum absolute atomic E-state index is 12.8. The summed E-state index contributed by atoms with van der Waals surface area (Å²) in [4.78, 5) is 13.5. The van der Waals surface area contributed by atoms with Gasteiger partial charge in [0.25, 0.3) is 0 Å². The van der Waals surface area contributed by atoms with Crippen molar-refractivity contribution >= 4 is 15.9 Å². The first-order valence-corrected chi connectivity index (χ1v) is 9.25.